The first-order valence-corrected chi connectivity index (χ1v) is 47.0. The number of carbonyl (C=O) groups is 15. The molecule has 4 atom stereocenters. The van der Waals surface area contributed by atoms with E-state index in [1.54, 1.807) is 125 Å². The molecule has 0 spiro atoms. The van der Waals surface area contributed by atoms with Gasteiger partial charge in [-0.15, -0.1) is 0 Å². The number of piperazine rings is 4. The van der Waals surface area contributed by atoms with Crippen molar-refractivity contribution < 1.29 is 120 Å². The Morgan fingerprint density at radius 1 is 0.313 bits per heavy atom. The van der Waals surface area contributed by atoms with Crippen molar-refractivity contribution in [3.05, 3.63) is 12.7 Å². The second kappa shape index (κ2) is 58.4. The quantitative estimate of drug-likeness (QED) is 0.0198. The monoisotopic (exact) mass is 1910 g/mol. The summed E-state index contributed by atoms with van der Waals surface area (Å²) in [5.74, 6) is -6.34. The Morgan fingerprint density at radius 2 is 0.507 bits per heavy atom. The SMILES string of the molecule is C=CC(=O)OC.CC(C)(C)OC(=O)CCC(CCC(=O)OC(C)(C)C)(CCC(=O)OC(C)(C)C)N1C(=O)C(N2CCN(CCC(=O)NCCN)CC2)C(N2CCN(CCC(=O)NCCN)CC2)C1=O.CO.COC(=O)CCN1CCN(C2C(=O)N(C(CCC(=O)OC(C)(C)C)(CCC(=O)OC(C)(C)C)CCC(=O)OC(C)(C)C)C(=O)C2N2CCN(CCC(=O)OC)CC2)CC1.NCCN. The molecule has 0 radical (unpaired) electrons. The maximum absolute atomic E-state index is 15.4. The van der Waals surface area contributed by atoms with Crippen molar-refractivity contribution in [2.45, 2.75) is 296 Å². The number of aliphatic hydroxyl groups excluding tert-OH is 1. The lowest BCUT2D eigenvalue weighted by Crippen LogP contribution is -2.61. The Morgan fingerprint density at radius 3 is 0.657 bits per heavy atom. The van der Waals surface area contributed by atoms with Gasteiger partial charge in [-0.3, -0.25) is 96.5 Å². The van der Waals surface area contributed by atoms with Gasteiger partial charge in [0.05, 0.1) is 45.2 Å². The molecule has 0 aromatic heterocycles. The van der Waals surface area contributed by atoms with Gasteiger partial charge in [0, 0.05) is 235 Å². The highest BCUT2D eigenvalue weighted by Crippen LogP contribution is 2.43. The van der Waals surface area contributed by atoms with Gasteiger partial charge in [-0.2, -0.15) is 0 Å². The summed E-state index contributed by atoms with van der Waals surface area (Å²) in [6.45, 7) is 47.2. The minimum absolute atomic E-state index is 0.0625. The third-order valence-corrected chi connectivity index (χ3v) is 22.4. The maximum atomic E-state index is 15.4. The first kappa shape index (κ1) is 122. The number of rotatable bonds is 42. The third-order valence-electron chi connectivity index (χ3n) is 22.4. The van der Waals surface area contributed by atoms with Crippen molar-refractivity contribution in [2.24, 2.45) is 22.9 Å². The van der Waals surface area contributed by atoms with Crippen molar-refractivity contribution in [1.29, 1.82) is 0 Å². The number of hydrogen-bond acceptors (Lipinski definition) is 37. The number of nitrogens with zero attached hydrogens (tertiary/aromatic N) is 10. The normalized spacial score (nSPS) is 19.2. The van der Waals surface area contributed by atoms with Gasteiger partial charge in [0.1, 0.15) is 57.8 Å². The summed E-state index contributed by atoms with van der Waals surface area (Å²) in [5.41, 5.74) is 13.1. The average Bonchev–Trinajstić information content (AvgIpc) is 1.59. The standard InChI is InChI=1S/C44H79N9O10.C42H71N5O12.C4H6O2.C2H8N2.CH4O/c1-41(2,3)61-34(56)10-15-44(16-11-35(57)62-42(4,5)6,17-12-36(58)63-43(7,8)9)53-39(59)37(51-28-24-49(25-29-51)22-13-32(54)47-20-18-45)38(40(53)60)52-30-26-50(27-31-52)23-14-33(55)48-21-19-46;1-39(2,3)57-32(50)12-17-42(18-13-33(51)58-40(4,5)6,19-14-34(52)59-41(7,8)9)47-37(53)35(45-26-22-43(23-27-45)20-15-30(48)55-10)36(38(47)54)46-28-24-44(25-29-46)21-16-31(49)56-11;1-3-4(5)6-2;3-1-2-4;1-2/h37-38H,10-31,45-46H2,1-9H3,(H,47,54)(H,48,55);35-36H,12-29H2,1-11H3;3H,1H2,2H3;1-4H2;2H,1H3. The van der Waals surface area contributed by atoms with Crippen molar-refractivity contribution in [3.8, 4) is 0 Å². The summed E-state index contributed by atoms with van der Waals surface area (Å²) in [4.78, 5) is 219. The molecule has 11 N–H and O–H groups in total. The molecular weight excluding hydrogens is 1740 g/mol. The summed E-state index contributed by atoms with van der Waals surface area (Å²) < 4.78 is 47.9. The van der Waals surface area contributed by atoms with Crippen LogP contribution in [0.3, 0.4) is 0 Å². The molecule has 0 aliphatic carbocycles. The smallest absolute Gasteiger partial charge is 0.329 e. The fourth-order valence-electron chi connectivity index (χ4n) is 16.4. The number of hydrogen-bond donors (Lipinski definition) is 7. The summed E-state index contributed by atoms with van der Waals surface area (Å²) in [6, 6.07) is -3.64. The van der Waals surface area contributed by atoms with E-state index in [0.29, 0.717) is 183 Å². The van der Waals surface area contributed by atoms with Crippen LogP contribution in [0.5, 0.6) is 0 Å². The molecule has 0 aromatic carbocycles. The number of nitrogens with one attached hydrogen (secondary N) is 2. The summed E-state index contributed by atoms with van der Waals surface area (Å²) in [7, 11) is 5.01. The average molecular weight is 1910 g/mol. The van der Waals surface area contributed by atoms with Gasteiger partial charge in [0.2, 0.25) is 35.4 Å². The minimum Gasteiger partial charge on any atom is -0.469 e. The number of ether oxygens (including phenoxy) is 9. The molecule has 41 nitrogen and oxygen atoms in total. The Bertz CT molecular complexity index is 3440. The van der Waals surface area contributed by atoms with Crippen LogP contribution in [-0.2, 0) is 115 Å². The lowest BCUT2D eigenvalue weighted by Gasteiger charge is -2.42. The van der Waals surface area contributed by atoms with E-state index in [9.17, 15) is 52.7 Å². The van der Waals surface area contributed by atoms with Crippen LogP contribution in [0.25, 0.3) is 0 Å². The van der Waals surface area contributed by atoms with Crippen molar-refractivity contribution in [1.82, 2.24) is 59.6 Å². The number of esters is 9. The molecule has 770 valence electrons. The van der Waals surface area contributed by atoms with Gasteiger partial charge in [0.25, 0.3) is 0 Å². The first-order chi connectivity index (χ1) is 62.5. The number of methoxy groups -OCH3 is 3. The predicted molar refractivity (Wildman–Crippen MR) is 502 cm³/mol. The highest BCUT2D eigenvalue weighted by atomic mass is 16.6. The summed E-state index contributed by atoms with van der Waals surface area (Å²) in [5, 5.41) is 12.6. The number of carbonyl (C=O) groups excluding carboxylic acids is 15. The molecule has 6 rings (SSSR count). The fourth-order valence-corrected chi connectivity index (χ4v) is 16.4. The maximum Gasteiger partial charge on any atom is 0.329 e. The van der Waals surface area contributed by atoms with E-state index >= 15 is 19.2 Å². The van der Waals surface area contributed by atoms with Crippen LogP contribution >= 0.6 is 0 Å². The lowest BCUT2D eigenvalue weighted by molar-refractivity contribution is -0.163. The zero-order valence-corrected chi connectivity index (χ0v) is 84.8. The molecule has 41 heteroatoms. The van der Waals surface area contributed by atoms with E-state index in [4.69, 9.17) is 65.9 Å². The molecule has 6 fully saturated rings. The number of likely N-dealkylation sites (tertiary alicyclic amines) is 2. The Balaban J connectivity index is 0.000000809. The highest BCUT2D eigenvalue weighted by molar-refractivity contribution is 6.11. The van der Waals surface area contributed by atoms with E-state index in [1.807, 2.05) is 19.6 Å². The molecule has 6 aliphatic rings. The summed E-state index contributed by atoms with van der Waals surface area (Å²) in [6.07, 6.45) is 0.624. The van der Waals surface area contributed by atoms with Crippen LogP contribution < -0.4 is 33.6 Å². The molecule has 6 heterocycles. The molecule has 6 aliphatic heterocycles. The molecular formula is C93H168N16O25. The zero-order valence-electron chi connectivity index (χ0n) is 84.8. The molecule has 0 aromatic rings. The largest absolute Gasteiger partial charge is 0.469 e. The van der Waals surface area contributed by atoms with E-state index in [1.165, 1.54) is 31.1 Å². The predicted octanol–water partition coefficient (Wildman–Crippen LogP) is 1.78. The second-order valence-electron chi connectivity index (χ2n) is 40.0. The Kier molecular flexibility index (Phi) is 53.1. The molecule has 4 unspecified atom stereocenters. The van der Waals surface area contributed by atoms with E-state index in [0.717, 1.165) is 13.2 Å². The van der Waals surface area contributed by atoms with E-state index < -0.39 is 134 Å². The van der Waals surface area contributed by atoms with Crippen LogP contribution in [0.2, 0.25) is 0 Å². The number of amides is 6. The molecule has 0 bridgehead atoms. The van der Waals surface area contributed by atoms with Crippen LogP contribution in [-0.4, -0.2) is 411 Å². The van der Waals surface area contributed by atoms with Gasteiger partial charge in [-0.25, -0.2) is 4.79 Å². The summed E-state index contributed by atoms with van der Waals surface area (Å²) >= 11 is 0. The van der Waals surface area contributed by atoms with Gasteiger partial charge in [0.15, 0.2) is 0 Å². The van der Waals surface area contributed by atoms with Crippen LogP contribution in [0, 0.1) is 0 Å². The lowest BCUT2D eigenvalue weighted by atomic mass is 9.81. The minimum atomic E-state index is -1.48. The molecule has 134 heavy (non-hydrogen) atoms. The van der Waals surface area contributed by atoms with Gasteiger partial charge in [-0.1, -0.05) is 6.58 Å². The molecule has 6 saturated heterocycles. The van der Waals surface area contributed by atoms with Crippen molar-refractivity contribution in [2.75, 3.05) is 199 Å². The van der Waals surface area contributed by atoms with Gasteiger partial charge in [-0.05, 0) is 163 Å². The van der Waals surface area contributed by atoms with E-state index in [-0.39, 0.29) is 114 Å². The molecule has 6 amide bonds. The van der Waals surface area contributed by atoms with Crippen LogP contribution in [0.1, 0.15) is 227 Å². The van der Waals surface area contributed by atoms with Gasteiger partial charge >= 0.3 is 53.7 Å². The third kappa shape index (κ3) is 45.3. The van der Waals surface area contributed by atoms with Crippen LogP contribution in [0.15, 0.2) is 12.7 Å². The van der Waals surface area contributed by atoms with Crippen molar-refractivity contribution in [3.63, 3.8) is 0 Å². The second-order valence-corrected chi connectivity index (χ2v) is 40.0. The van der Waals surface area contributed by atoms with Crippen LogP contribution in [0.4, 0.5) is 0 Å². The van der Waals surface area contributed by atoms with Crippen molar-refractivity contribution >= 4 is 89.2 Å². The highest BCUT2D eigenvalue weighted by Gasteiger charge is 2.62. The fraction of sp³-hybridized carbons (Fsp3) is 0.817. The topological polar surface area (TPSA) is 520 Å². The Hall–Kier alpha value is -8.33. The van der Waals surface area contributed by atoms with E-state index in [2.05, 4.69) is 41.5 Å². The zero-order chi connectivity index (χ0) is 102. The number of imide groups is 2. The number of aliphatic hydroxyl groups is 1. The Labute approximate surface area is 795 Å². The number of nitrogens with two attached hydrogens (primary N) is 4. The van der Waals surface area contributed by atoms with Gasteiger partial charge < -0.3 is 101 Å². The molecule has 0 saturated carbocycles. The first-order valence-electron chi connectivity index (χ1n) is 47.0.